The minimum Gasteiger partial charge on any atom is -0.310 e. The zero-order valence-corrected chi connectivity index (χ0v) is 20.6. The van der Waals surface area contributed by atoms with Crippen LogP contribution in [0.25, 0.3) is 16.6 Å². The Bertz CT molecular complexity index is 1650. The van der Waals surface area contributed by atoms with E-state index in [1.165, 1.54) is 18.4 Å². The van der Waals surface area contributed by atoms with E-state index in [9.17, 15) is 4.79 Å². The van der Waals surface area contributed by atoms with Gasteiger partial charge in [-0.1, -0.05) is 29.8 Å². The average molecular weight is 497 g/mol. The predicted molar refractivity (Wildman–Crippen MR) is 139 cm³/mol. The first kappa shape index (κ1) is 21.6. The Hall–Kier alpha value is -3.71. The van der Waals surface area contributed by atoms with Gasteiger partial charge in [-0.25, -0.2) is 9.97 Å². The summed E-state index contributed by atoms with van der Waals surface area (Å²) in [6, 6.07) is 14.0. The molecule has 7 rings (SSSR count). The number of aryl methyl sites for hydroxylation is 1. The van der Waals surface area contributed by atoms with Crippen molar-refractivity contribution in [3.63, 3.8) is 0 Å². The van der Waals surface area contributed by atoms with Crippen LogP contribution in [0.2, 0.25) is 5.02 Å². The van der Waals surface area contributed by atoms with Crippen molar-refractivity contribution in [2.45, 2.75) is 44.6 Å². The molecule has 0 radical (unpaired) electrons. The summed E-state index contributed by atoms with van der Waals surface area (Å²) in [6.07, 6.45) is 9.58. The van der Waals surface area contributed by atoms with Crippen LogP contribution in [0.15, 0.2) is 61.1 Å². The molecule has 2 aliphatic carbocycles. The lowest BCUT2D eigenvalue weighted by Gasteiger charge is -2.06. The third-order valence-electron chi connectivity index (χ3n) is 7.22. The number of anilines is 1. The molecule has 1 amide bonds. The van der Waals surface area contributed by atoms with Gasteiger partial charge in [0.25, 0.3) is 0 Å². The number of pyridine rings is 2. The Kier molecular flexibility index (Phi) is 4.89. The molecule has 0 aliphatic heterocycles. The molecule has 4 aromatic heterocycles. The monoisotopic (exact) mass is 496 g/mol. The van der Waals surface area contributed by atoms with E-state index in [0.29, 0.717) is 23.3 Å². The molecule has 7 nitrogen and oxygen atoms in total. The van der Waals surface area contributed by atoms with Gasteiger partial charge in [-0.05, 0) is 73.4 Å². The number of amides is 1. The van der Waals surface area contributed by atoms with Crippen molar-refractivity contribution < 1.29 is 4.79 Å². The summed E-state index contributed by atoms with van der Waals surface area (Å²) in [5.41, 5.74) is 5.98. The van der Waals surface area contributed by atoms with E-state index >= 15 is 0 Å². The van der Waals surface area contributed by atoms with Crippen molar-refractivity contribution in [1.29, 1.82) is 0 Å². The molecule has 0 unspecified atom stereocenters. The second-order valence-corrected chi connectivity index (χ2v) is 10.5. The number of carbonyl (C=O) groups excluding carboxylic acids is 1. The van der Waals surface area contributed by atoms with Crippen molar-refractivity contribution in [3.8, 4) is 0 Å². The Morgan fingerprint density at radius 1 is 1.08 bits per heavy atom. The molecule has 2 atom stereocenters. The normalized spacial score (nSPS) is 19.2. The maximum atomic E-state index is 13.1. The fourth-order valence-electron chi connectivity index (χ4n) is 5.13. The van der Waals surface area contributed by atoms with Gasteiger partial charge in [-0.2, -0.15) is 5.10 Å². The van der Waals surface area contributed by atoms with Crippen LogP contribution >= 0.6 is 11.6 Å². The first-order chi connectivity index (χ1) is 17.5. The molecule has 180 valence electrons. The highest BCUT2D eigenvalue weighted by Gasteiger charge is 2.44. The number of halogens is 1. The van der Waals surface area contributed by atoms with Crippen LogP contribution in [0.1, 0.15) is 53.6 Å². The molecule has 1 N–H and O–H groups in total. The number of benzene rings is 1. The Morgan fingerprint density at radius 2 is 1.97 bits per heavy atom. The maximum Gasteiger partial charge on any atom is 0.229 e. The summed E-state index contributed by atoms with van der Waals surface area (Å²) in [7, 11) is 0. The van der Waals surface area contributed by atoms with E-state index < -0.39 is 0 Å². The van der Waals surface area contributed by atoms with Crippen LogP contribution in [0.3, 0.4) is 0 Å². The lowest BCUT2D eigenvalue weighted by molar-refractivity contribution is -0.117. The number of nitrogens with zero attached hydrogens (tertiary/aromatic N) is 5. The summed E-state index contributed by atoms with van der Waals surface area (Å²) in [6.45, 7) is 2.46. The highest BCUT2D eigenvalue weighted by Crippen LogP contribution is 2.48. The van der Waals surface area contributed by atoms with Crippen molar-refractivity contribution in [1.82, 2.24) is 24.1 Å². The van der Waals surface area contributed by atoms with E-state index in [1.54, 1.807) is 0 Å². The van der Waals surface area contributed by atoms with Crippen LogP contribution in [-0.4, -0.2) is 30.1 Å². The minimum atomic E-state index is -0.0747. The van der Waals surface area contributed by atoms with Crippen molar-refractivity contribution in [2.75, 3.05) is 5.32 Å². The molecule has 36 heavy (non-hydrogen) atoms. The summed E-state index contributed by atoms with van der Waals surface area (Å²) in [5, 5.41) is 9.35. The second kappa shape index (κ2) is 8.17. The van der Waals surface area contributed by atoms with E-state index in [0.717, 1.165) is 39.9 Å². The molecule has 2 fully saturated rings. The Balaban J connectivity index is 1.12. The van der Waals surface area contributed by atoms with E-state index in [2.05, 4.69) is 39.2 Å². The molecule has 4 heterocycles. The predicted octanol–water partition coefficient (Wildman–Crippen LogP) is 5.71. The van der Waals surface area contributed by atoms with Gasteiger partial charge in [-0.15, -0.1) is 0 Å². The Morgan fingerprint density at radius 3 is 2.81 bits per heavy atom. The van der Waals surface area contributed by atoms with Gasteiger partial charge in [0.1, 0.15) is 11.5 Å². The summed E-state index contributed by atoms with van der Waals surface area (Å²) < 4.78 is 3.98. The number of fused-ring (bicyclic) bond motifs is 2. The number of imidazole rings is 1. The van der Waals surface area contributed by atoms with Crippen molar-refractivity contribution in [3.05, 3.63) is 88.6 Å². The average Bonchev–Trinajstić information content (AvgIpc) is 3.76. The number of nitrogens with one attached hydrogen (secondary N) is 1. The molecule has 0 bridgehead atoms. The van der Waals surface area contributed by atoms with Crippen LogP contribution in [0.5, 0.6) is 0 Å². The third kappa shape index (κ3) is 4.03. The van der Waals surface area contributed by atoms with Gasteiger partial charge in [0.2, 0.25) is 5.91 Å². The standard InChI is InChI=1S/C28H25ClN6O/c1-16-9-25-24(27(30-16)32-28(36)23-11-22(23)18-3-2-4-20(29)10-18)15-35(33-25)14-21-13-34-12-19(17-5-6-17)7-8-26(34)31-21/h2-4,7-10,12-13,15,17,22-23H,5-6,11,14H2,1H3,(H,30,32,36)/t22-,23+/m1/s1. The first-order valence-electron chi connectivity index (χ1n) is 12.4. The summed E-state index contributed by atoms with van der Waals surface area (Å²) in [4.78, 5) is 22.4. The number of hydrogen-bond acceptors (Lipinski definition) is 4. The van der Waals surface area contributed by atoms with Gasteiger partial charge in [0.15, 0.2) is 0 Å². The van der Waals surface area contributed by atoms with Gasteiger partial charge in [0, 0.05) is 35.2 Å². The fraction of sp³-hybridized carbons (Fsp3) is 0.286. The largest absolute Gasteiger partial charge is 0.310 e. The lowest BCUT2D eigenvalue weighted by Crippen LogP contribution is -2.16. The van der Waals surface area contributed by atoms with Gasteiger partial charge < -0.3 is 9.72 Å². The molecule has 0 saturated heterocycles. The molecule has 1 aromatic carbocycles. The number of rotatable bonds is 6. The molecular formula is C28H25ClN6O. The van der Waals surface area contributed by atoms with E-state index in [-0.39, 0.29) is 17.7 Å². The smallest absolute Gasteiger partial charge is 0.229 e. The van der Waals surface area contributed by atoms with Crippen LogP contribution in [0.4, 0.5) is 5.82 Å². The highest BCUT2D eigenvalue weighted by molar-refractivity contribution is 6.30. The fourth-order valence-corrected chi connectivity index (χ4v) is 5.33. The van der Waals surface area contributed by atoms with Gasteiger partial charge in [0.05, 0.1) is 23.1 Å². The second-order valence-electron chi connectivity index (χ2n) is 10.1. The molecule has 0 spiro atoms. The molecular weight excluding hydrogens is 472 g/mol. The summed E-state index contributed by atoms with van der Waals surface area (Å²) in [5.74, 6) is 1.37. The van der Waals surface area contributed by atoms with Crippen molar-refractivity contribution in [2.24, 2.45) is 5.92 Å². The van der Waals surface area contributed by atoms with Gasteiger partial charge >= 0.3 is 0 Å². The van der Waals surface area contributed by atoms with Crippen LogP contribution in [-0.2, 0) is 11.3 Å². The highest BCUT2D eigenvalue weighted by atomic mass is 35.5. The topological polar surface area (TPSA) is 77.1 Å². The first-order valence-corrected chi connectivity index (χ1v) is 12.8. The zero-order valence-electron chi connectivity index (χ0n) is 19.9. The van der Waals surface area contributed by atoms with E-state index in [4.69, 9.17) is 21.7 Å². The lowest BCUT2D eigenvalue weighted by atomic mass is 10.1. The van der Waals surface area contributed by atoms with Gasteiger partial charge in [-0.3, -0.25) is 9.48 Å². The Labute approximate surface area is 213 Å². The molecule has 2 aliphatic rings. The quantitative estimate of drug-likeness (QED) is 0.326. The maximum absolute atomic E-state index is 13.1. The number of aromatic nitrogens is 5. The SMILES string of the molecule is Cc1cc2nn(Cc3cn4cc(C5CC5)ccc4n3)cc2c(NC(=O)[C@H]2C[C@@H]2c2cccc(Cl)c2)n1. The van der Waals surface area contributed by atoms with Crippen molar-refractivity contribution >= 4 is 39.9 Å². The van der Waals surface area contributed by atoms with Crippen LogP contribution < -0.4 is 5.32 Å². The third-order valence-corrected chi connectivity index (χ3v) is 7.46. The molecule has 2 saturated carbocycles. The van der Waals surface area contributed by atoms with E-state index in [1.807, 2.05) is 48.1 Å². The van der Waals surface area contributed by atoms with Crippen LogP contribution in [0, 0.1) is 12.8 Å². The molecule has 5 aromatic rings. The number of carbonyl (C=O) groups is 1. The number of hydrogen-bond donors (Lipinski definition) is 1. The zero-order chi connectivity index (χ0) is 24.4. The minimum absolute atomic E-state index is 0.0149. The summed E-state index contributed by atoms with van der Waals surface area (Å²) >= 11 is 6.14. The molecule has 8 heteroatoms.